The Morgan fingerprint density at radius 3 is 3.08 bits per heavy atom. The van der Waals surface area contributed by atoms with E-state index >= 15 is 0 Å². The summed E-state index contributed by atoms with van der Waals surface area (Å²) in [6, 6.07) is 5.47. The predicted octanol–water partition coefficient (Wildman–Crippen LogP) is 2.08. The lowest BCUT2D eigenvalue weighted by molar-refractivity contribution is 0.281. The van der Waals surface area contributed by atoms with Crippen molar-refractivity contribution in [3.8, 4) is 0 Å². The number of hydrogen-bond donors (Lipinski definition) is 1. The molecule has 0 radical (unpaired) electrons. The van der Waals surface area contributed by atoms with E-state index in [0.717, 1.165) is 10.9 Å². The first-order valence-electron chi connectivity index (χ1n) is 3.46. The fourth-order valence-electron chi connectivity index (χ4n) is 1.05. The molecule has 0 aliphatic rings. The molecule has 1 N–H and O–H groups in total. The second kappa shape index (κ2) is 2.88. The van der Waals surface area contributed by atoms with Gasteiger partial charge in [-0.1, -0.05) is 11.2 Å². The summed E-state index contributed by atoms with van der Waals surface area (Å²) in [5, 5.41) is 13.5. The summed E-state index contributed by atoms with van der Waals surface area (Å²) in [6.45, 7) is 0.0221. The molecule has 1 aromatic carbocycles. The number of fused-ring (bicyclic) bond motifs is 1. The summed E-state index contributed by atoms with van der Waals surface area (Å²) < 4.78 is 5.68. The minimum atomic E-state index is 0.0221. The van der Waals surface area contributed by atoms with Crippen LogP contribution in [0.4, 0.5) is 0 Å². The largest absolute Gasteiger partial charge is 0.392 e. The maximum absolute atomic E-state index is 8.83. The Hall–Kier alpha value is -0.870. The van der Waals surface area contributed by atoms with Gasteiger partial charge in [-0.2, -0.15) is 0 Å². The molecular weight excluding hydrogens is 222 g/mol. The van der Waals surface area contributed by atoms with Crippen molar-refractivity contribution in [2.75, 3.05) is 0 Å². The molecule has 62 valence electrons. The zero-order valence-corrected chi connectivity index (χ0v) is 7.71. The van der Waals surface area contributed by atoms with E-state index in [2.05, 4.69) is 21.1 Å². The Morgan fingerprint density at radius 2 is 2.33 bits per heavy atom. The molecule has 2 rings (SSSR count). The van der Waals surface area contributed by atoms with E-state index in [1.807, 2.05) is 12.1 Å². The van der Waals surface area contributed by atoms with E-state index in [1.165, 1.54) is 0 Å². The van der Waals surface area contributed by atoms with Crippen molar-refractivity contribution in [2.45, 2.75) is 6.61 Å². The molecule has 2 aromatic rings. The van der Waals surface area contributed by atoms with E-state index in [-0.39, 0.29) is 6.61 Å². The molecule has 1 aromatic heterocycles. The molecule has 0 atom stereocenters. The van der Waals surface area contributed by atoms with Crippen molar-refractivity contribution in [1.82, 2.24) is 5.16 Å². The standard InChI is InChI=1S/C8H6BrNO2/c9-8-6-2-1-5(4-11)3-7(6)12-10-8/h1-3,11H,4H2. The van der Waals surface area contributed by atoms with Gasteiger partial charge in [0.2, 0.25) is 0 Å². The van der Waals surface area contributed by atoms with Crippen LogP contribution in [0.25, 0.3) is 11.0 Å². The fraction of sp³-hybridized carbons (Fsp3) is 0.125. The summed E-state index contributed by atoms with van der Waals surface area (Å²) in [7, 11) is 0. The first-order chi connectivity index (χ1) is 5.81. The maximum Gasteiger partial charge on any atom is 0.168 e. The number of aliphatic hydroxyl groups excluding tert-OH is 1. The smallest absolute Gasteiger partial charge is 0.168 e. The summed E-state index contributed by atoms with van der Waals surface area (Å²) >= 11 is 3.25. The maximum atomic E-state index is 8.83. The SMILES string of the molecule is OCc1ccc2c(Br)noc2c1. The summed E-state index contributed by atoms with van der Waals surface area (Å²) in [6.07, 6.45) is 0. The van der Waals surface area contributed by atoms with Gasteiger partial charge in [0.25, 0.3) is 0 Å². The summed E-state index contributed by atoms with van der Waals surface area (Å²) in [4.78, 5) is 0. The van der Waals surface area contributed by atoms with Crippen LogP contribution in [-0.4, -0.2) is 10.3 Å². The third-order valence-electron chi connectivity index (χ3n) is 1.67. The van der Waals surface area contributed by atoms with E-state index in [9.17, 15) is 0 Å². The van der Waals surface area contributed by atoms with Gasteiger partial charge in [0.1, 0.15) is 0 Å². The number of aromatic nitrogens is 1. The number of hydrogen-bond acceptors (Lipinski definition) is 3. The minimum Gasteiger partial charge on any atom is -0.392 e. The molecule has 3 nitrogen and oxygen atoms in total. The second-order valence-electron chi connectivity index (χ2n) is 2.46. The molecule has 0 bridgehead atoms. The predicted molar refractivity (Wildman–Crippen MR) is 47.6 cm³/mol. The van der Waals surface area contributed by atoms with E-state index in [1.54, 1.807) is 6.07 Å². The second-order valence-corrected chi connectivity index (χ2v) is 3.21. The zero-order valence-electron chi connectivity index (χ0n) is 6.12. The Morgan fingerprint density at radius 1 is 1.50 bits per heavy atom. The van der Waals surface area contributed by atoms with Crippen molar-refractivity contribution in [3.05, 3.63) is 28.4 Å². The van der Waals surface area contributed by atoms with Gasteiger partial charge >= 0.3 is 0 Å². The highest BCUT2D eigenvalue weighted by atomic mass is 79.9. The van der Waals surface area contributed by atoms with Gasteiger partial charge in [0.05, 0.1) is 12.0 Å². The molecule has 0 aliphatic carbocycles. The molecule has 0 saturated heterocycles. The number of nitrogens with zero attached hydrogens (tertiary/aromatic N) is 1. The lowest BCUT2D eigenvalue weighted by Crippen LogP contribution is -1.80. The van der Waals surface area contributed by atoms with Crippen LogP contribution in [0.3, 0.4) is 0 Å². The van der Waals surface area contributed by atoms with Crippen molar-refractivity contribution in [1.29, 1.82) is 0 Å². The third-order valence-corrected chi connectivity index (χ3v) is 2.25. The minimum absolute atomic E-state index is 0.0221. The monoisotopic (exact) mass is 227 g/mol. The molecule has 0 aliphatic heterocycles. The molecule has 0 spiro atoms. The average Bonchev–Trinajstić information content (AvgIpc) is 2.47. The van der Waals surface area contributed by atoms with Crippen LogP contribution in [0.1, 0.15) is 5.56 Å². The van der Waals surface area contributed by atoms with Gasteiger partial charge < -0.3 is 9.63 Å². The van der Waals surface area contributed by atoms with Gasteiger partial charge in [-0.05, 0) is 33.6 Å². The highest BCUT2D eigenvalue weighted by molar-refractivity contribution is 9.10. The van der Waals surface area contributed by atoms with Crippen LogP contribution >= 0.6 is 15.9 Å². The summed E-state index contributed by atoms with van der Waals surface area (Å²) in [5.41, 5.74) is 1.51. The highest BCUT2D eigenvalue weighted by Crippen LogP contribution is 2.23. The molecule has 4 heteroatoms. The summed E-state index contributed by atoms with van der Waals surface area (Å²) in [5.74, 6) is 0. The van der Waals surface area contributed by atoms with Crippen LogP contribution in [0.5, 0.6) is 0 Å². The fourth-order valence-corrected chi connectivity index (χ4v) is 1.45. The molecule has 0 amide bonds. The third kappa shape index (κ3) is 1.13. The van der Waals surface area contributed by atoms with E-state index in [0.29, 0.717) is 10.2 Å². The number of halogens is 1. The van der Waals surface area contributed by atoms with Gasteiger partial charge in [-0.25, -0.2) is 0 Å². The van der Waals surface area contributed by atoms with Crippen LogP contribution < -0.4 is 0 Å². The zero-order chi connectivity index (χ0) is 8.55. The molecule has 0 unspecified atom stereocenters. The Kier molecular flexibility index (Phi) is 1.86. The molecule has 12 heavy (non-hydrogen) atoms. The van der Waals surface area contributed by atoms with Crippen LogP contribution in [0.15, 0.2) is 27.3 Å². The molecule has 0 fully saturated rings. The first-order valence-corrected chi connectivity index (χ1v) is 4.25. The van der Waals surface area contributed by atoms with Gasteiger partial charge in [0.15, 0.2) is 10.2 Å². The van der Waals surface area contributed by atoms with Gasteiger partial charge in [0, 0.05) is 0 Å². The average molecular weight is 228 g/mol. The Balaban J connectivity index is 2.69. The quantitative estimate of drug-likeness (QED) is 0.812. The van der Waals surface area contributed by atoms with Crippen molar-refractivity contribution >= 4 is 26.9 Å². The Labute approximate surface area is 77.1 Å². The lowest BCUT2D eigenvalue weighted by atomic mass is 10.2. The van der Waals surface area contributed by atoms with E-state index < -0.39 is 0 Å². The van der Waals surface area contributed by atoms with Gasteiger partial charge in [-0.3, -0.25) is 0 Å². The Bertz CT molecular complexity index is 410. The molecule has 0 saturated carbocycles. The van der Waals surface area contributed by atoms with Crippen LogP contribution in [0.2, 0.25) is 0 Å². The highest BCUT2D eigenvalue weighted by Gasteiger charge is 2.04. The van der Waals surface area contributed by atoms with Gasteiger partial charge in [-0.15, -0.1) is 0 Å². The molecular formula is C8H6BrNO2. The normalized spacial score (nSPS) is 10.8. The number of aliphatic hydroxyl groups is 1. The van der Waals surface area contributed by atoms with Crippen LogP contribution in [-0.2, 0) is 6.61 Å². The van der Waals surface area contributed by atoms with Crippen molar-refractivity contribution in [2.24, 2.45) is 0 Å². The lowest BCUT2D eigenvalue weighted by Gasteiger charge is -1.92. The first kappa shape index (κ1) is 7.76. The topological polar surface area (TPSA) is 46.3 Å². The number of rotatable bonds is 1. The van der Waals surface area contributed by atoms with E-state index in [4.69, 9.17) is 9.63 Å². The van der Waals surface area contributed by atoms with Crippen molar-refractivity contribution < 1.29 is 9.63 Å². The molecule has 1 heterocycles. The van der Waals surface area contributed by atoms with Crippen molar-refractivity contribution in [3.63, 3.8) is 0 Å². The van der Waals surface area contributed by atoms with Crippen LogP contribution in [0, 0.1) is 0 Å². The number of benzene rings is 1.